The topological polar surface area (TPSA) is 46.8 Å². The van der Waals surface area contributed by atoms with E-state index in [2.05, 4.69) is 23.7 Å². The second kappa shape index (κ2) is 6.52. The van der Waals surface area contributed by atoms with E-state index in [1.165, 1.54) is 0 Å². The number of rotatable bonds is 7. The average molecular weight is 275 g/mol. The van der Waals surface area contributed by atoms with E-state index in [0.717, 1.165) is 30.7 Å². The van der Waals surface area contributed by atoms with Crippen LogP contribution in [-0.4, -0.2) is 42.0 Å². The van der Waals surface area contributed by atoms with E-state index < -0.39 is 0 Å². The fourth-order valence-corrected chi connectivity index (χ4v) is 2.27. The molecular formula is C15H21N3O2. The van der Waals surface area contributed by atoms with E-state index in [0.29, 0.717) is 18.3 Å². The van der Waals surface area contributed by atoms with Gasteiger partial charge in [-0.3, -0.25) is 9.20 Å². The summed E-state index contributed by atoms with van der Waals surface area (Å²) in [7, 11) is 1.68. The maximum Gasteiger partial charge on any atom is 0.170 e. The predicted octanol–water partition coefficient (Wildman–Crippen LogP) is 2.40. The molecule has 2 aromatic rings. The number of methoxy groups -OCH3 is 1. The molecule has 108 valence electrons. The second-order valence-electron chi connectivity index (χ2n) is 4.81. The van der Waals surface area contributed by atoms with Crippen molar-refractivity contribution in [3.8, 4) is 0 Å². The van der Waals surface area contributed by atoms with Crippen LogP contribution in [0.2, 0.25) is 0 Å². The van der Waals surface area contributed by atoms with Crippen LogP contribution in [0, 0.1) is 0 Å². The minimum Gasteiger partial charge on any atom is -0.383 e. The Labute approximate surface area is 119 Å². The average Bonchev–Trinajstić information content (AvgIpc) is 2.85. The Morgan fingerprint density at radius 3 is 2.95 bits per heavy atom. The third kappa shape index (κ3) is 2.67. The van der Waals surface area contributed by atoms with E-state index in [4.69, 9.17) is 4.74 Å². The van der Waals surface area contributed by atoms with Crippen LogP contribution in [0.4, 0.5) is 5.82 Å². The molecule has 0 aliphatic heterocycles. The summed E-state index contributed by atoms with van der Waals surface area (Å²) < 4.78 is 7.00. The van der Waals surface area contributed by atoms with Crippen molar-refractivity contribution in [2.45, 2.75) is 26.3 Å². The van der Waals surface area contributed by atoms with E-state index in [1.807, 2.05) is 28.8 Å². The number of pyridine rings is 1. The SMILES string of the molecule is CCC(C)N(CCOC)c1nc2ccccn2c1C=O. The lowest BCUT2D eigenvalue weighted by atomic mass is 10.2. The standard InChI is InChI=1S/C15H21N3O2/c1-4-12(2)17(9-10-20-3)15-13(11-19)18-8-6-5-7-14(18)16-15/h5-8,11-12H,4,9-10H2,1-3H3. The molecule has 0 aliphatic rings. The number of imidazole rings is 1. The van der Waals surface area contributed by atoms with Gasteiger partial charge in [0.1, 0.15) is 11.3 Å². The molecule has 0 aliphatic carbocycles. The molecule has 0 radical (unpaired) electrons. The number of carbonyl (C=O) groups excluding carboxylic acids is 1. The molecule has 5 heteroatoms. The zero-order chi connectivity index (χ0) is 14.5. The Morgan fingerprint density at radius 1 is 1.50 bits per heavy atom. The zero-order valence-electron chi connectivity index (χ0n) is 12.2. The monoisotopic (exact) mass is 275 g/mol. The Bertz CT molecular complexity index is 580. The number of fused-ring (bicyclic) bond motifs is 1. The van der Waals surface area contributed by atoms with Gasteiger partial charge in [0, 0.05) is 25.9 Å². The van der Waals surface area contributed by atoms with Gasteiger partial charge >= 0.3 is 0 Å². The maximum absolute atomic E-state index is 11.5. The smallest absolute Gasteiger partial charge is 0.170 e. The quantitative estimate of drug-likeness (QED) is 0.728. The molecule has 2 rings (SSSR count). The molecule has 5 nitrogen and oxygen atoms in total. The minimum atomic E-state index is 0.300. The summed E-state index contributed by atoms with van der Waals surface area (Å²) in [6.45, 7) is 5.59. The van der Waals surface area contributed by atoms with Crippen molar-refractivity contribution in [3.05, 3.63) is 30.1 Å². The third-order valence-electron chi connectivity index (χ3n) is 3.59. The number of hydrogen-bond donors (Lipinski definition) is 0. The summed E-state index contributed by atoms with van der Waals surface area (Å²) in [5, 5.41) is 0. The van der Waals surface area contributed by atoms with E-state index >= 15 is 0 Å². The van der Waals surface area contributed by atoms with Crippen molar-refractivity contribution in [1.29, 1.82) is 0 Å². The highest BCUT2D eigenvalue weighted by Gasteiger charge is 2.21. The van der Waals surface area contributed by atoms with Crippen molar-refractivity contribution >= 4 is 17.8 Å². The number of carbonyl (C=O) groups is 1. The van der Waals surface area contributed by atoms with Gasteiger partial charge in [0.25, 0.3) is 0 Å². The molecule has 1 atom stereocenters. The number of ether oxygens (including phenoxy) is 1. The fraction of sp³-hybridized carbons (Fsp3) is 0.467. The molecule has 0 bridgehead atoms. The summed E-state index contributed by atoms with van der Waals surface area (Å²) >= 11 is 0. The summed E-state index contributed by atoms with van der Waals surface area (Å²) in [6, 6.07) is 6.02. The number of anilines is 1. The molecule has 20 heavy (non-hydrogen) atoms. The lowest BCUT2D eigenvalue weighted by molar-refractivity contribution is 0.111. The van der Waals surface area contributed by atoms with Crippen molar-refractivity contribution in [2.75, 3.05) is 25.2 Å². The molecule has 0 saturated carbocycles. The first-order valence-corrected chi connectivity index (χ1v) is 6.90. The Kier molecular flexibility index (Phi) is 4.74. The Hall–Kier alpha value is -1.88. The van der Waals surface area contributed by atoms with Gasteiger partial charge in [-0.05, 0) is 25.5 Å². The predicted molar refractivity (Wildman–Crippen MR) is 79.6 cm³/mol. The van der Waals surface area contributed by atoms with Crippen LogP contribution in [0.1, 0.15) is 30.8 Å². The molecule has 0 N–H and O–H groups in total. The second-order valence-corrected chi connectivity index (χ2v) is 4.81. The highest BCUT2D eigenvalue weighted by atomic mass is 16.5. The summed E-state index contributed by atoms with van der Waals surface area (Å²) in [6.07, 6.45) is 3.72. The Balaban J connectivity index is 2.48. The lowest BCUT2D eigenvalue weighted by Crippen LogP contribution is -2.36. The summed E-state index contributed by atoms with van der Waals surface area (Å²) in [5.74, 6) is 0.734. The zero-order valence-corrected chi connectivity index (χ0v) is 12.2. The minimum absolute atomic E-state index is 0.300. The first-order chi connectivity index (χ1) is 9.72. The van der Waals surface area contributed by atoms with Gasteiger partial charge in [0.15, 0.2) is 12.1 Å². The highest BCUT2D eigenvalue weighted by molar-refractivity contribution is 5.83. The third-order valence-corrected chi connectivity index (χ3v) is 3.59. The van der Waals surface area contributed by atoms with Gasteiger partial charge < -0.3 is 9.64 Å². The van der Waals surface area contributed by atoms with Crippen LogP contribution < -0.4 is 4.90 Å². The van der Waals surface area contributed by atoms with Crippen molar-refractivity contribution in [2.24, 2.45) is 0 Å². The van der Waals surface area contributed by atoms with E-state index in [1.54, 1.807) is 7.11 Å². The van der Waals surface area contributed by atoms with Crippen LogP contribution in [-0.2, 0) is 4.74 Å². The first-order valence-electron chi connectivity index (χ1n) is 6.90. The van der Waals surface area contributed by atoms with E-state index in [-0.39, 0.29) is 0 Å². The Morgan fingerprint density at radius 2 is 2.30 bits per heavy atom. The molecule has 0 fully saturated rings. The van der Waals surface area contributed by atoms with Gasteiger partial charge in [-0.2, -0.15) is 0 Å². The molecule has 0 amide bonds. The number of aromatic nitrogens is 2. The van der Waals surface area contributed by atoms with Crippen LogP contribution in [0.15, 0.2) is 24.4 Å². The molecular weight excluding hydrogens is 254 g/mol. The first kappa shape index (κ1) is 14.5. The molecule has 2 aromatic heterocycles. The van der Waals surface area contributed by atoms with Gasteiger partial charge in [-0.25, -0.2) is 4.98 Å². The highest BCUT2D eigenvalue weighted by Crippen LogP contribution is 2.23. The normalized spacial score (nSPS) is 12.6. The molecule has 0 spiro atoms. The number of aldehydes is 1. The van der Waals surface area contributed by atoms with Crippen molar-refractivity contribution < 1.29 is 9.53 Å². The van der Waals surface area contributed by atoms with Crippen LogP contribution in [0.5, 0.6) is 0 Å². The number of nitrogens with zero attached hydrogens (tertiary/aromatic N) is 3. The van der Waals surface area contributed by atoms with E-state index in [9.17, 15) is 4.79 Å². The van der Waals surface area contributed by atoms with Gasteiger partial charge in [0.2, 0.25) is 0 Å². The maximum atomic E-state index is 11.5. The van der Waals surface area contributed by atoms with Gasteiger partial charge in [-0.15, -0.1) is 0 Å². The molecule has 2 heterocycles. The molecule has 0 aromatic carbocycles. The van der Waals surface area contributed by atoms with Crippen LogP contribution >= 0.6 is 0 Å². The number of hydrogen-bond acceptors (Lipinski definition) is 4. The summed E-state index contributed by atoms with van der Waals surface area (Å²) in [5.41, 5.74) is 1.38. The van der Waals surface area contributed by atoms with Crippen LogP contribution in [0.25, 0.3) is 5.65 Å². The largest absolute Gasteiger partial charge is 0.383 e. The van der Waals surface area contributed by atoms with Gasteiger partial charge in [0.05, 0.1) is 6.61 Å². The van der Waals surface area contributed by atoms with Gasteiger partial charge in [-0.1, -0.05) is 13.0 Å². The van der Waals surface area contributed by atoms with Crippen molar-refractivity contribution in [1.82, 2.24) is 9.38 Å². The lowest BCUT2D eigenvalue weighted by Gasteiger charge is -2.28. The molecule has 0 saturated heterocycles. The summed E-state index contributed by atoms with van der Waals surface area (Å²) in [4.78, 5) is 18.2. The van der Waals surface area contributed by atoms with Crippen molar-refractivity contribution in [3.63, 3.8) is 0 Å². The fourth-order valence-electron chi connectivity index (χ4n) is 2.27. The van der Waals surface area contributed by atoms with Crippen LogP contribution in [0.3, 0.4) is 0 Å². The molecule has 1 unspecified atom stereocenters.